The molecule has 1 aliphatic carbocycles. The molecule has 1 aromatic heterocycles. The Labute approximate surface area is 134 Å². The molecule has 4 heteroatoms. The number of halogens is 1. The number of hydrogen-bond acceptors (Lipinski definition) is 3. The van der Waals surface area contributed by atoms with Crippen molar-refractivity contribution in [3.8, 4) is 11.4 Å². The van der Waals surface area contributed by atoms with Gasteiger partial charge in [0.05, 0.1) is 0 Å². The Hall–Kier alpha value is -1.26. The fourth-order valence-electron chi connectivity index (χ4n) is 2.52. The maximum absolute atomic E-state index is 4.69. The van der Waals surface area contributed by atoms with Gasteiger partial charge in [-0.3, -0.25) is 0 Å². The summed E-state index contributed by atoms with van der Waals surface area (Å²) in [7, 11) is 0. The molecule has 0 aliphatic heterocycles. The molecule has 1 fully saturated rings. The monoisotopic (exact) mass is 345 g/mol. The molecule has 0 saturated heterocycles. The number of nitrogens with one attached hydrogen (secondary N) is 1. The molecule has 0 bridgehead atoms. The average Bonchev–Trinajstić information content (AvgIpc) is 3.26. The van der Waals surface area contributed by atoms with Gasteiger partial charge in [0.15, 0.2) is 5.82 Å². The fourth-order valence-corrected chi connectivity index (χ4v) is 2.78. The molecule has 3 rings (SSSR count). The molecule has 1 heterocycles. The Morgan fingerprint density at radius 2 is 1.71 bits per heavy atom. The van der Waals surface area contributed by atoms with Crippen LogP contribution in [0, 0.1) is 13.8 Å². The lowest BCUT2D eigenvalue weighted by atomic mass is 10.1. The van der Waals surface area contributed by atoms with Gasteiger partial charge in [-0.25, -0.2) is 9.97 Å². The highest BCUT2D eigenvalue weighted by Gasteiger charge is 2.20. The SMILES string of the molecule is Cc1nc(-c2ccc(Br)cc2)nc(C)c1CCNC1CC1. The topological polar surface area (TPSA) is 37.8 Å². The van der Waals surface area contributed by atoms with Crippen LogP contribution in [-0.2, 0) is 6.42 Å². The van der Waals surface area contributed by atoms with Gasteiger partial charge in [-0.15, -0.1) is 0 Å². The molecule has 1 aliphatic rings. The molecule has 0 unspecified atom stereocenters. The summed E-state index contributed by atoms with van der Waals surface area (Å²) < 4.78 is 1.07. The predicted octanol–water partition coefficient (Wildman–Crippen LogP) is 3.82. The first-order valence-electron chi connectivity index (χ1n) is 7.47. The zero-order valence-electron chi connectivity index (χ0n) is 12.5. The van der Waals surface area contributed by atoms with Gasteiger partial charge in [0.25, 0.3) is 0 Å². The predicted molar refractivity (Wildman–Crippen MR) is 89.4 cm³/mol. The molecular formula is C17H20BrN3. The minimum Gasteiger partial charge on any atom is -0.314 e. The van der Waals surface area contributed by atoms with Crippen molar-refractivity contribution in [3.63, 3.8) is 0 Å². The molecule has 3 nitrogen and oxygen atoms in total. The van der Waals surface area contributed by atoms with E-state index in [9.17, 15) is 0 Å². The third kappa shape index (κ3) is 3.69. The molecule has 0 amide bonds. The van der Waals surface area contributed by atoms with Crippen molar-refractivity contribution in [1.82, 2.24) is 15.3 Å². The van der Waals surface area contributed by atoms with Crippen LogP contribution in [-0.4, -0.2) is 22.6 Å². The van der Waals surface area contributed by atoms with Gasteiger partial charge >= 0.3 is 0 Å². The van der Waals surface area contributed by atoms with Gasteiger partial charge in [-0.1, -0.05) is 28.1 Å². The second-order valence-electron chi connectivity index (χ2n) is 5.68. The van der Waals surface area contributed by atoms with Crippen LogP contribution in [0.5, 0.6) is 0 Å². The Bertz CT molecular complexity index is 610. The maximum atomic E-state index is 4.69. The molecule has 1 aromatic carbocycles. The standard InChI is InChI=1S/C17H20BrN3/c1-11-16(9-10-19-15-7-8-15)12(2)21-17(20-11)13-3-5-14(18)6-4-13/h3-6,15,19H,7-10H2,1-2H3. The number of nitrogens with zero attached hydrogens (tertiary/aromatic N) is 2. The zero-order valence-corrected chi connectivity index (χ0v) is 14.1. The van der Waals surface area contributed by atoms with E-state index in [1.165, 1.54) is 18.4 Å². The number of aromatic nitrogens is 2. The van der Waals surface area contributed by atoms with E-state index in [-0.39, 0.29) is 0 Å². The van der Waals surface area contributed by atoms with Gasteiger partial charge in [0.1, 0.15) is 0 Å². The highest BCUT2D eigenvalue weighted by atomic mass is 79.9. The first-order chi connectivity index (χ1) is 10.1. The van der Waals surface area contributed by atoms with E-state index in [1.807, 2.05) is 24.3 Å². The van der Waals surface area contributed by atoms with Crippen molar-refractivity contribution >= 4 is 15.9 Å². The summed E-state index contributed by atoms with van der Waals surface area (Å²) in [6.45, 7) is 5.19. The maximum Gasteiger partial charge on any atom is 0.159 e. The summed E-state index contributed by atoms with van der Waals surface area (Å²) in [6.07, 6.45) is 3.67. The van der Waals surface area contributed by atoms with Crippen LogP contribution in [0.25, 0.3) is 11.4 Å². The Balaban J connectivity index is 1.79. The van der Waals surface area contributed by atoms with Crippen LogP contribution in [0.3, 0.4) is 0 Å². The molecular weight excluding hydrogens is 326 g/mol. The number of rotatable bonds is 5. The Morgan fingerprint density at radius 1 is 1.10 bits per heavy atom. The van der Waals surface area contributed by atoms with Crippen molar-refractivity contribution in [2.75, 3.05) is 6.54 Å². The van der Waals surface area contributed by atoms with E-state index >= 15 is 0 Å². The second kappa shape index (κ2) is 6.24. The number of aryl methyl sites for hydroxylation is 2. The highest BCUT2D eigenvalue weighted by molar-refractivity contribution is 9.10. The van der Waals surface area contributed by atoms with Crippen molar-refractivity contribution in [2.24, 2.45) is 0 Å². The normalized spacial score (nSPS) is 14.4. The third-order valence-corrected chi connectivity index (χ3v) is 4.44. The van der Waals surface area contributed by atoms with Crippen LogP contribution >= 0.6 is 15.9 Å². The summed E-state index contributed by atoms with van der Waals surface area (Å²) in [5.41, 5.74) is 4.53. The first-order valence-corrected chi connectivity index (χ1v) is 8.26. The number of benzene rings is 1. The summed E-state index contributed by atoms with van der Waals surface area (Å²) in [5.74, 6) is 0.816. The van der Waals surface area contributed by atoms with Crippen molar-refractivity contribution in [1.29, 1.82) is 0 Å². The Morgan fingerprint density at radius 3 is 2.29 bits per heavy atom. The van der Waals surface area contributed by atoms with E-state index in [0.717, 1.165) is 46.3 Å². The smallest absolute Gasteiger partial charge is 0.159 e. The highest BCUT2D eigenvalue weighted by Crippen LogP contribution is 2.22. The van der Waals surface area contributed by atoms with Crippen LogP contribution < -0.4 is 5.32 Å². The lowest BCUT2D eigenvalue weighted by Gasteiger charge is -2.11. The first kappa shape index (κ1) is 14.7. The Kier molecular flexibility index (Phi) is 4.36. The molecule has 0 radical (unpaired) electrons. The minimum atomic E-state index is 0.758. The van der Waals surface area contributed by atoms with Gasteiger partial charge in [-0.2, -0.15) is 0 Å². The quantitative estimate of drug-likeness (QED) is 0.894. The molecule has 1 N–H and O–H groups in total. The van der Waals surface area contributed by atoms with Crippen molar-refractivity contribution < 1.29 is 0 Å². The van der Waals surface area contributed by atoms with Gasteiger partial charge < -0.3 is 5.32 Å². The number of hydrogen-bond donors (Lipinski definition) is 1. The summed E-state index contributed by atoms with van der Waals surface area (Å²) in [6, 6.07) is 8.90. The average molecular weight is 346 g/mol. The molecule has 0 atom stereocenters. The second-order valence-corrected chi connectivity index (χ2v) is 6.60. The lowest BCUT2D eigenvalue weighted by molar-refractivity contribution is 0.675. The van der Waals surface area contributed by atoms with E-state index < -0.39 is 0 Å². The van der Waals surface area contributed by atoms with Crippen LogP contribution in [0.4, 0.5) is 0 Å². The van der Waals surface area contributed by atoms with Crippen LogP contribution in [0.1, 0.15) is 29.8 Å². The summed E-state index contributed by atoms with van der Waals surface area (Å²) >= 11 is 3.46. The molecule has 110 valence electrons. The molecule has 2 aromatic rings. The molecule has 0 spiro atoms. The van der Waals surface area contributed by atoms with Gasteiger partial charge in [0, 0.05) is 27.5 Å². The van der Waals surface area contributed by atoms with Gasteiger partial charge in [0.2, 0.25) is 0 Å². The van der Waals surface area contributed by atoms with E-state index in [2.05, 4.69) is 35.1 Å². The van der Waals surface area contributed by atoms with Crippen molar-refractivity contribution in [2.45, 2.75) is 39.2 Å². The van der Waals surface area contributed by atoms with Crippen LogP contribution in [0.15, 0.2) is 28.7 Å². The lowest BCUT2D eigenvalue weighted by Crippen LogP contribution is -2.20. The third-order valence-electron chi connectivity index (χ3n) is 3.91. The molecule has 21 heavy (non-hydrogen) atoms. The van der Waals surface area contributed by atoms with E-state index in [1.54, 1.807) is 0 Å². The zero-order chi connectivity index (χ0) is 14.8. The van der Waals surface area contributed by atoms with Gasteiger partial charge in [-0.05, 0) is 57.4 Å². The largest absolute Gasteiger partial charge is 0.314 e. The minimum absolute atomic E-state index is 0.758. The summed E-state index contributed by atoms with van der Waals surface area (Å²) in [5, 5.41) is 3.55. The summed E-state index contributed by atoms with van der Waals surface area (Å²) in [4.78, 5) is 9.39. The van der Waals surface area contributed by atoms with Crippen molar-refractivity contribution in [3.05, 3.63) is 45.7 Å². The van der Waals surface area contributed by atoms with Crippen LogP contribution in [0.2, 0.25) is 0 Å². The molecule has 1 saturated carbocycles. The van der Waals surface area contributed by atoms with E-state index in [4.69, 9.17) is 9.97 Å². The van der Waals surface area contributed by atoms with E-state index in [0.29, 0.717) is 0 Å². The fraction of sp³-hybridized carbons (Fsp3) is 0.412.